The van der Waals surface area contributed by atoms with E-state index in [9.17, 15) is 9.59 Å². The third kappa shape index (κ3) is 2.60. The van der Waals surface area contributed by atoms with Gasteiger partial charge in [-0.1, -0.05) is 11.6 Å². The van der Waals surface area contributed by atoms with E-state index in [-0.39, 0.29) is 11.1 Å². The molecule has 0 atom stereocenters. The molecule has 5 heteroatoms. The number of pyridine rings is 1. The molecule has 2 aromatic rings. The van der Waals surface area contributed by atoms with Gasteiger partial charge in [-0.2, -0.15) is 0 Å². The van der Waals surface area contributed by atoms with Crippen LogP contribution in [0.3, 0.4) is 0 Å². The lowest BCUT2D eigenvalue weighted by Crippen LogP contribution is -2.26. The molecule has 1 amide bonds. The molecule has 0 aliphatic carbocycles. The summed E-state index contributed by atoms with van der Waals surface area (Å²) in [6.45, 7) is 0. The van der Waals surface area contributed by atoms with Gasteiger partial charge < -0.3 is 9.88 Å². The standard InChI is InChI=1S/C13H11ClN2O2/c1-16-8-2-3-11(13(16)18)12(17)15-10-6-4-9(14)5-7-10/h2-8H,1H3,(H,15,17). The van der Waals surface area contributed by atoms with Crippen LogP contribution in [0.4, 0.5) is 5.69 Å². The Kier molecular flexibility index (Phi) is 3.48. The number of rotatable bonds is 2. The SMILES string of the molecule is Cn1cccc(C(=O)Nc2ccc(Cl)cc2)c1=O. The molecule has 2 rings (SSSR count). The second-order valence-corrected chi connectivity index (χ2v) is 4.24. The fourth-order valence-electron chi connectivity index (χ4n) is 1.50. The maximum atomic E-state index is 11.9. The molecule has 0 radical (unpaired) electrons. The number of aromatic nitrogens is 1. The molecule has 4 nitrogen and oxygen atoms in total. The van der Waals surface area contributed by atoms with Gasteiger partial charge in [0.05, 0.1) is 0 Å². The number of carbonyl (C=O) groups excluding carboxylic acids is 1. The molecule has 0 saturated heterocycles. The third-order valence-corrected chi connectivity index (χ3v) is 2.72. The molecule has 18 heavy (non-hydrogen) atoms. The quantitative estimate of drug-likeness (QED) is 0.903. The van der Waals surface area contributed by atoms with Crippen LogP contribution in [0.5, 0.6) is 0 Å². The van der Waals surface area contributed by atoms with Crippen LogP contribution in [-0.4, -0.2) is 10.5 Å². The van der Waals surface area contributed by atoms with Gasteiger partial charge in [-0.3, -0.25) is 9.59 Å². The highest BCUT2D eigenvalue weighted by Gasteiger charge is 2.10. The lowest BCUT2D eigenvalue weighted by Gasteiger charge is -2.05. The molecule has 0 aliphatic heterocycles. The van der Waals surface area contributed by atoms with Crippen LogP contribution in [0, 0.1) is 0 Å². The molecule has 1 aromatic carbocycles. The van der Waals surface area contributed by atoms with Gasteiger partial charge in [-0.25, -0.2) is 0 Å². The smallest absolute Gasteiger partial charge is 0.263 e. The summed E-state index contributed by atoms with van der Waals surface area (Å²) in [7, 11) is 1.60. The number of hydrogen-bond donors (Lipinski definition) is 1. The average molecular weight is 263 g/mol. The number of nitrogens with zero attached hydrogens (tertiary/aromatic N) is 1. The number of anilines is 1. The average Bonchev–Trinajstić information content (AvgIpc) is 2.35. The zero-order chi connectivity index (χ0) is 13.1. The molecular formula is C13H11ClN2O2. The fraction of sp³-hybridized carbons (Fsp3) is 0.0769. The molecule has 0 fully saturated rings. The van der Waals surface area contributed by atoms with Crippen LogP contribution in [0.15, 0.2) is 47.4 Å². The fourth-order valence-corrected chi connectivity index (χ4v) is 1.63. The van der Waals surface area contributed by atoms with Crippen LogP contribution < -0.4 is 10.9 Å². The minimum Gasteiger partial charge on any atom is -0.322 e. The molecule has 1 heterocycles. The van der Waals surface area contributed by atoms with Gasteiger partial charge in [-0.15, -0.1) is 0 Å². The van der Waals surface area contributed by atoms with E-state index in [0.29, 0.717) is 10.7 Å². The Labute approximate surface area is 109 Å². The Morgan fingerprint density at radius 1 is 1.22 bits per heavy atom. The van der Waals surface area contributed by atoms with Gasteiger partial charge in [0.1, 0.15) is 5.56 Å². The van der Waals surface area contributed by atoms with Gasteiger partial charge in [0.15, 0.2) is 0 Å². The highest BCUT2D eigenvalue weighted by Crippen LogP contribution is 2.13. The Hall–Kier alpha value is -2.07. The summed E-state index contributed by atoms with van der Waals surface area (Å²) in [6, 6.07) is 9.83. The van der Waals surface area contributed by atoms with E-state index >= 15 is 0 Å². The normalized spacial score (nSPS) is 10.1. The van der Waals surface area contributed by atoms with Crippen molar-refractivity contribution in [1.82, 2.24) is 4.57 Å². The molecule has 1 N–H and O–H groups in total. The molecule has 0 spiro atoms. The Morgan fingerprint density at radius 2 is 1.89 bits per heavy atom. The predicted molar refractivity (Wildman–Crippen MR) is 71.1 cm³/mol. The first-order valence-corrected chi connectivity index (χ1v) is 5.68. The number of nitrogens with one attached hydrogen (secondary N) is 1. The van der Waals surface area contributed by atoms with Crippen LogP contribution in [0.25, 0.3) is 0 Å². The minimum atomic E-state index is -0.432. The van der Waals surface area contributed by atoms with Crippen molar-refractivity contribution in [2.45, 2.75) is 0 Å². The summed E-state index contributed by atoms with van der Waals surface area (Å²) in [5, 5.41) is 3.23. The van der Waals surface area contributed by atoms with Crippen molar-refractivity contribution >= 4 is 23.2 Å². The molecule has 0 aliphatic rings. The number of benzene rings is 1. The number of carbonyl (C=O) groups is 1. The number of hydrogen-bond acceptors (Lipinski definition) is 2. The summed E-state index contributed by atoms with van der Waals surface area (Å²) < 4.78 is 1.36. The van der Waals surface area contributed by atoms with Crippen molar-refractivity contribution in [3.05, 3.63) is 63.5 Å². The first kappa shape index (κ1) is 12.4. The van der Waals surface area contributed by atoms with E-state index in [1.165, 1.54) is 10.6 Å². The monoisotopic (exact) mass is 262 g/mol. The maximum absolute atomic E-state index is 11.9. The van der Waals surface area contributed by atoms with Crippen molar-refractivity contribution in [1.29, 1.82) is 0 Å². The number of halogens is 1. The van der Waals surface area contributed by atoms with Gasteiger partial charge in [0.2, 0.25) is 0 Å². The second kappa shape index (κ2) is 5.06. The van der Waals surface area contributed by atoms with Crippen LogP contribution in [0.1, 0.15) is 10.4 Å². The van der Waals surface area contributed by atoms with E-state index in [4.69, 9.17) is 11.6 Å². The van der Waals surface area contributed by atoms with Crippen molar-refractivity contribution in [3.8, 4) is 0 Å². The van der Waals surface area contributed by atoms with Gasteiger partial charge in [-0.05, 0) is 36.4 Å². The lowest BCUT2D eigenvalue weighted by atomic mass is 10.2. The van der Waals surface area contributed by atoms with Crippen LogP contribution in [0.2, 0.25) is 5.02 Å². The summed E-state index contributed by atoms with van der Waals surface area (Å²) in [4.78, 5) is 23.7. The molecule has 0 unspecified atom stereocenters. The van der Waals surface area contributed by atoms with E-state index in [2.05, 4.69) is 5.32 Å². The minimum absolute atomic E-state index is 0.106. The molecule has 0 bridgehead atoms. The van der Waals surface area contributed by atoms with Crippen molar-refractivity contribution in [2.24, 2.45) is 7.05 Å². The lowest BCUT2D eigenvalue weighted by molar-refractivity contribution is 0.102. The van der Waals surface area contributed by atoms with E-state index in [0.717, 1.165) is 0 Å². The maximum Gasteiger partial charge on any atom is 0.263 e. The predicted octanol–water partition coefficient (Wildman–Crippen LogP) is 2.29. The van der Waals surface area contributed by atoms with Crippen LogP contribution in [-0.2, 0) is 7.05 Å². The highest BCUT2D eigenvalue weighted by molar-refractivity contribution is 6.30. The molecule has 92 valence electrons. The zero-order valence-corrected chi connectivity index (χ0v) is 10.4. The Morgan fingerprint density at radius 3 is 2.56 bits per heavy atom. The second-order valence-electron chi connectivity index (χ2n) is 3.80. The summed E-state index contributed by atoms with van der Waals surface area (Å²) in [5.41, 5.74) is 0.370. The van der Waals surface area contributed by atoms with Crippen LogP contribution >= 0.6 is 11.6 Å². The zero-order valence-electron chi connectivity index (χ0n) is 9.68. The van der Waals surface area contributed by atoms with Crippen molar-refractivity contribution < 1.29 is 4.79 Å². The highest BCUT2D eigenvalue weighted by atomic mass is 35.5. The Balaban J connectivity index is 2.25. The van der Waals surface area contributed by atoms with E-state index < -0.39 is 5.91 Å². The van der Waals surface area contributed by atoms with Gasteiger partial charge in [0.25, 0.3) is 11.5 Å². The molecular weight excluding hydrogens is 252 g/mol. The van der Waals surface area contributed by atoms with Gasteiger partial charge in [0, 0.05) is 24.0 Å². The van der Waals surface area contributed by atoms with Gasteiger partial charge >= 0.3 is 0 Å². The summed E-state index contributed by atoms with van der Waals surface area (Å²) in [5.74, 6) is -0.432. The first-order chi connectivity index (χ1) is 8.58. The Bertz CT molecular complexity index is 632. The van der Waals surface area contributed by atoms with E-state index in [1.807, 2.05) is 0 Å². The number of amides is 1. The first-order valence-electron chi connectivity index (χ1n) is 5.30. The summed E-state index contributed by atoms with van der Waals surface area (Å²) in [6.07, 6.45) is 1.60. The van der Waals surface area contributed by atoms with Crippen molar-refractivity contribution in [3.63, 3.8) is 0 Å². The third-order valence-electron chi connectivity index (χ3n) is 2.47. The summed E-state index contributed by atoms with van der Waals surface area (Å²) >= 11 is 5.75. The topological polar surface area (TPSA) is 51.1 Å². The molecule has 1 aromatic heterocycles. The molecule has 0 saturated carbocycles. The number of aryl methyl sites for hydroxylation is 1. The largest absolute Gasteiger partial charge is 0.322 e. The van der Waals surface area contributed by atoms with E-state index in [1.54, 1.807) is 43.6 Å². The van der Waals surface area contributed by atoms with Crippen molar-refractivity contribution in [2.75, 3.05) is 5.32 Å².